The van der Waals surface area contributed by atoms with Gasteiger partial charge in [0.25, 0.3) is 0 Å². The fourth-order valence-corrected chi connectivity index (χ4v) is 3.50. The van der Waals surface area contributed by atoms with Crippen LogP contribution < -0.4 is 4.90 Å². The van der Waals surface area contributed by atoms with E-state index in [0.29, 0.717) is 19.5 Å². The van der Waals surface area contributed by atoms with Gasteiger partial charge < -0.3 is 14.9 Å². The maximum Gasteiger partial charge on any atom is 0.228 e. The van der Waals surface area contributed by atoms with E-state index < -0.39 is 6.10 Å². The van der Waals surface area contributed by atoms with Crippen LogP contribution in [0.15, 0.2) is 48.5 Å². The minimum atomic E-state index is -0.529. The van der Waals surface area contributed by atoms with Crippen molar-refractivity contribution in [3.05, 3.63) is 65.2 Å². The number of para-hydroxylation sites is 1. The molecule has 1 heterocycles. The lowest BCUT2D eigenvalue weighted by atomic mass is 10.1. The van der Waals surface area contributed by atoms with Crippen LogP contribution in [0.3, 0.4) is 0 Å². The maximum atomic E-state index is 12.7. The minimum Gasteiger partial charge on any atom is -0.387 e. The molecule has 0 saturated carbocycles. The molecule has 2 aromatic carbocycles. The second-order valence-corrected chi connectivity index (χ2v) is 6.99. The Morgan fingerprint density at radius 2 is 1.92 bits per heavy atom. The van der Waals surface area contributed by atoms with Gasteiger partial charge in [0.1, 0.15) is 0 Å². The molecule has 0 radical (unpaired) electrons. The molecule has 1 amide bonds. The molecule has 2 aromatic rings. The number of hydrogen-bond donors (Lipinski definition) is 1. The Kier molecular flexibility index (Phi) is 6.07. The highest BCUT2D eigenvalue weighted by atomic mass is 16.3. The molecule has 1 aliphatic heterocycles. The zero-order valence-corrected chi connectivity index (χ0v) is 15.7. The Bertz CT molecular complexity index is 742. The zero-order chi connectivity index (χ0) is 18.5. The summed E-state index contributed by atoms with van der Waals surface area (Å²) in [6.07, 6.45) is 0.882. The van der Waals surface area contributed by atoms with Gasteiger partial charge in [-0.25, -0.2) is 0 Å². The van der Waals surface area contributed by atoms with E-state index in [1.54, 1.807) is 0 Å². The molecule has 1 atom stereocenters. The molecule has 1 unspecified atom stereocenters. The van der Waals surface area contributed by atoms with Crippen molar-refractivity contribution < 1.29 is 9.90 Å². The van der Waals surface area contributed by atoms with Crippen LogP contribution in [0, 0.1) is 6.92 Å². The van der Waals surface area contributed by atoms with Crippen molar-refractivity contribution in [3.63, 3.8) is 0 Å². The van der Waals surface area contributed by atoms with Crippen LogP contribution in [0.2, 0.25) is 0 Å². The monoisotopic (exact) mass is 352 g/mol. The van der Waals surface area contributed by atoms with E-state index in [2.05, 4.69) is 17.9 Å². The van der Waals surface area contributed by atoms with Gasteiger partial charge in [0.15, 0.2) is 0 Å². The number of aryl methyl sites for hydroxylation is 1. The summed E-state index contributed by atoms with van der Waals surface area (Å²) in [6, 6.07) is 16.1. The lowest BCUT2D eigenvalue weighted by molar-refractivity contribution is -0.118. The van der Waals surface area contributed by atoms with Crippen molar-refractivity contribution in [2.45, 2.75) is 32.8 Å². The molecule has 0 fully saturated rings. The fourth-order valence-electron chi connectivity index (χ4n) is 3.50. The van der Waals surface area contributed by atoms with Crippen LogP contribution in [0.25, 0.3) is 0 Å². The average molecular weight is 352 g/mol. The van der Waals surface area contributed by atoms with Gasteiger partial charge in [0, 0.05) is 31.7 Å². The molecule has 138 valence electrons. The molecule has 0 aromatic heterocycles. The van der Waals surface area contributed by atoms with E-state index in [0.717, 1.165) is 30.8 Å². The van der Waals surface area contributed by atoms with E-state index >= 15 is 0 Å². The Hall–Kier alpha value is -2.17. The number of aliphatic hydroxyl groups excluding tert-OH is 1. The first kappa shape index (κ1) is 18.6. The van der Waals surface area contributed by atoms with Crippen LogP contribution >= 0.6 is 0 Å². The molecule has 26 heavy (non-hydrogen) atoms. The Morgan fingerprint density at radius 3 is 2.65 bits per heavy atom. The fraction of sp³-hybridized carbons (Fsp3) is 0.409. The zero-order valence-electron chi connectivity index (χ0n) is 15.7. The van der Waals surface area contributed by atoms with Gasteiger partial charge in [0.2, 0.25) is 5.91 Å². The Morgan fingerprint density at radius 1 is 1.19 bits per heavy atom. The summed E-state index contributed by atoms with van der Waals surface area (Å²) in [5, 5.41) is 10.5. The molecule has 0 saturated heterocycles. The minimum absolute atomic E-state index is 0.165. The average Bonchev–Trinajstić information content (AvgIpc) is 3.09. The van der Waals surface area contributed by atoms with Crippen molar-refractivity contribution in [3.8, 4) is 0 Å². The van der Waals surface area contributed by atoms with E-state index in [-0.39, 0.29) is 5.91 Å². The SMILES string of the molecule is CCN(CCC(=O)N1CCc2ccccc21)CC(O)c1ccc(C)cc1. The van der Waals surface area contributed by atoms with E-state index in [9.17, 15) is 9.90 Å². The Labute approximate surface area is 156 Å². The molecular weight excluding hydrogens is 324 g/mol. The summed E-state index contributed by atoms with van der Waals surface area (Å²) < 4.78 is 0. The number of hydrogen-bond acceptors (Lipinski definition) is 3. The molecule has 1 N–H and O–H groups in total. The number of anilines is 1. The molecule has 4 heteroatoms. The van der Waals surface area contributed by atoms with Crippen molar-refractivity contribution in [2.75, 3.05) is 31.1 Å². The van der Waals surface area contributed by atoms with Crippen molar-refractivity contribution in [1.29, 1.82) is 0 Å². The number of carbonyl (C=O) groups excluding carboxylic acids is 1. The van der Waals surface area contributed by atoms with Crippen LogP contribution in [0.4, 0.5) is 5.69 Å². The molecule has 0 aliphatic carbocycles. The van der Waals surface area contributed by atoms with Gasteiger partial charge in [-0.2, -0.15) is 0 Å². The number of nitrogens with zero attached hydrogens (tertiary/aromatic N) is 2. The lowest BCUT2D eigenvalue weighted by Crippen LogP contribution is -2.35. The number of fused-ring (bicyclic) bond motifs is 1. The lowest BCUT2D eigenvalue weighted by Gasteiger charge is -2.25. The van der Waals surface area contributed by atoms with Gasteiger partial charge in [-0.05, 0) is 37.1 Å². The maximum absolute atomic E-state index is 12.7. The van der Waals surface area contributed by atoms with Crippen molar-refractivity contribution in [2.24, 2.45) is 0 Å². The van der Waals surface area contributed by atoms with Crippen LogP contribution in [0.1, 0.15) is 36.1 Å². The first-order valence-corrected chi connectivity index (χ1v) is 9.43. The molecule has 4 nitrogen and oxygen atoms in total. The highest BCUT2D eigenvalue weighted by molar-refractivity contribution is 5.95. The predicted octanol–water partition coefficient (Wildman–Crippen LogP) is 3.33. The number of aliphatic hydroxyl groups is 1. The van der Waals surface area contributed by atoms with Crippen molar-refractivity contribution >= 4 is 11.6 Å². The number of likely N-dealkylation sites (N-methyl/N-ethyl adjacent to an activating group) is 1. The molecule has 0 bridgehead atoms. The van der Waals surface area contributed by atoms with E-state index in [1.165, 1.54) is 11.1 Å². The highest BCUT2D eigenvalue weighted by Crippen LogP contribution is 2.28. The topological polar surface area (TPSA) is 43.8 Å². The van der Waals surface area contributed by atoms with Crippen molar-refractivity contribution in [1.82, 2.24) is 4.90 Å². The Balaban J connectivity index is 1.54. The van der Waals surface area contributed by atoms with Gasteiger partial charge in [-0.1, -0.05) is 55.0 Å². The molecular formula is C22H28N2O2. The number of rotatable bonds is 7. The summed E-state index contributed by atoms with van der Waals surface area (Å²) in [4.78, 5) is 16.7. The first-order chi connectivity index (χ1) is 12.6. The number of benzene rings is 2. The second kappa shape index (κ2) is 8.47. The van der Waals surface area contributed by atoms with Gasteiger partial charge >= 0.3 is 0 Å². The summed E-state index contributed by atoms with van der Waals surface area (Å²) in [5.41, 5.74) is 4.42. The smallest absolute Gasteiger partial charge is 0.228 e. The first-order valence-electron chi connectivity index (χ1n) is 9.43. The van der Waals surface area contributed by atoms with Gasteiger partial charge in [-0.3, -0.25) is 4.79 Å². The molecule has 1 aliphatic rings. The van der Waals surface area contributed by atoms with Crippen LogP contribution in [-0.2, 0) is 11.2 Å². The summed E-state index contributed by atoms with van der Waals surface area (Å²) in [7, 11) is 0. The summed E-state index contributed by atoms with van der Waals surface area (Å²) in [6.45, 7) is 6.90. The van der Waals surface area contributed by atoms with Gasteiger partial charge in [-0.15, -0.1) is 0 Å². The number of carbonyl (C=O) groups is 1. The molecule has 0 spiro atoms. The van der Waals surface area contributed by atoms with Crippen LogP contribution in [-0.4, -0.2) is 42.1 Å². The molecule has 3 rings (SSSR count). The third kappa shape index (κ3) is 4.32. The third-order valence-electron chi connectivity index (χ3n) is 5.17. The van der Waals surface area contributed by atoms with E-state index in [4.69, 9.17) is 0 Å². The summed E-state index contributed by atoms with van der Waals surface area (Å²) >= 11 is 0. The largest absolute Gasteiger partial charge is 0.387 e. The van der Waals surface area contributed by atoms with Crippen LogP contribution in [0.5, 0.6) is 0 Å². The predicted molar refractivity (Wildman–Crippen MR) is 105 cm³/mol. The number of amides is 1. The normalized spacial score (nSPS) is 14.5. The highest BCUT2D eigenvalue weighted by Gasteiger charge is 2.24. The van der Waals surface area contributed by atoms with Gasteiger partial charge in [0.05, 0.1) is 6.10 Å². The quantitative estimate of drug-likeness (QED) is 0.831. The van der Waals surface area contributed by atoms with E-state index in [1.807, 2.05) is 54.3 Å². The third-order valence-corrected chi connectivity index (χ3v) is 5.17. The second-order valence-electron chi connectivity index (χ2n) is 6.99. The standard InChI is InChI=1S/C22H28N2O2/c1-3-23(16-21(25)19-10-8-17(2)9-11-19)14-13-22(26)24-15-12-18-6-4-5-7-20(18)24/h4-11,21,25H,3,12-16H2,1-2H3. The summed E-state index contributed by atoms with van der Waals surface area (Å²) in [5.74, 6) is 0.165.